The van der Waals surface area contributed by atoms with Gasteiger partial charge in [0.1, 0.15) is 18.0 Å². The van der Waals surface area contributed by atoms with Gasteiger partial charge in [0.25, 0.3) is 0 Å². The molecule has 0 aliphatic heterocycles. The summed E-state index contributed by atoms with van der Waals surface area (Å²) in [6, 6.07) is 2.60. The molecule has 0 aromatic carbocycles. The number of nitrogens with two attached hydrogens (primary N) is 1. The molecule has 3 rings (SSSR count). The average molecular weight is 204 g/mol. The number of nitrogens with zero attached hydrogens (tertiary/aromatic N) is 3. The topological polar surface area (TPSA) is 55.0 Å². The molecule has 0 amide bonds. The molecule has 2 saturated carbocycles. The Morgan fingerprint density at radius 3 is 2.67 bits per heavy atom. The summed E-state index contributed by atoms with van der Waals surface area (Å²) in [7, 11) is 0. The molecule has 2 aliphatic carbocycles. The third-order valence-corrected chi connectivity index (χ3v) is 3.11. The molecule has 0 bridgehead atoms. The number of hydrogen-bond acceptors (Lipinski definition) is 4. The molecule has 4 nitrogen and oxygen atoms in total. The van der Waals surface area contributed by atoms with Crippen LogP contribution in [-0.2, 0) is 0 Å². The van der Waals surface area contributed by atoms with E-state index in [9.17, 15) is 0 Å². The lowest BCUT2D eigenvalue weighted by Gasteiger charge is -2.23. The monoisotopic (exact) mass is 204 g/mol. The van der Waals surface area contributed by atoms with E-state index in [4.69, 9.17) is 5.73 Å². The van der Waals surface area contributed by atoms with E-state index in [0.29, 0.717) is 11.9 Å². The first-order valence-electron chi connectivity index (χ1n) is 5.67. The third kappa shape index (κ3) is 2.03. The smallest absolute Gasteiger partial charge is 0.134 e. The molecule has 0 atom stereocenters. The maximum absolute atomic E-state index is 5.69. The molecular weight excluding hydrogens is 188 g/mol. The second kappa shape index (κ2) is 3.36. The standard InChI is InChI=1S/C11H16N4/c12-10-5-11(14-7-13-10)15(9-3-4-9)6-8-1-2-8/h5,7-9H,1-4,6H2,(H2,12,13,14). The van der Waals surface area contributed by atoms with Crippen molar-refractivity contribution in [2.24, 2.45) is 5.92 Å². The van der Waals surface area contributed by atoms with E-state index >= 15 is 0 Å². The summed E-state index contributed by atoms with van der Waals surface area (Å²) >= 11 is 0. The molecule has 15 heavy (non-hydrogen) atoms. The first kappa shape index (κ1) is 8.95. The fraction of sp³-hybridized carbons (Fsp3) is 0.636. The summed E-state index contributed by atoms with van der Waals surface area (Å²) in [6.45, 7) is 1.15. The third-order valence-electron chi connectivity index (χ3n) is 3.11. The van der Waals surface area contributed by atoms with Gasteiger partial charge < -0.3 is 10.6 Å². The fourth-order valence-corrected chi connectivity index (χ4v) is 1.91. The molecule has 0 unspecified atom stereocenters. The van der Waals surface area contributed by atoms with Gasteiger partial charge in [-0.05, 0) is 31.6 Å². The van der Waals surface area contributed by atoms with Crippen LogP contribution in [0, 0.1) is 5.92 Å². The largest absolute Gasteiger partial charge is 0.384 e. The number of rotatable bonds is 4. The fourth-order valence-electron chi connectivity index (χ4n) is 1.91. The number of anilines is 2. The summed E-state index contributed by atoms with van der Waals surface area (Å²) in [5.41, 5.74) is 5.69. The van der Waals surface area contributed by atoms with Gasteiger partial charge in [-0.3, -0.25) is 0 Å². The average Bonchev–Trinajstić information content (AvgIpc) is 3.08. The lowest BCUT2D eigenvalue weighted by atomic mass is 10.3. The Bertz CT molecular complexity index is 357. The molecule has 1 heterocycles. The Morgan fingerprint density at radius 1 is 1.27 bits per heavy atom. The van der Waals surface area contributed by atoms with Crippen molar-refractivity contribution in [2.75, 3.05) is 17.2 Å². The minimum absolute atomic E-state index is 0.571. The van der Waals surface area contributed by atoms with Crippen LogP contribution in [0.2, 0.25) is 0 Å². The predicted octanol–water partition coefficient (Wildman–Crippen LogP) is 1.44. The van der Waals surface area contributed by atoms with Crippen LogP contribution < -0.4 is 10.6 Å². The maximum Gasteiger partial charge on any atom is 0.134 e. The van der Waals surface area contributed by atoms with E-state index in [-0.39, 0.29) is 0 Å². The van der Waals surface area contributed by atoms with Crippen LogP contribution in [0.25, 0.3) is 0 Å². The Hall–Kier alpha value is -1.32. The van der Waals surface area contributed by atoms with E-state index in [2.05, 4.69) is 14.9 Å². The second-order valence-electron chi connectivity index (χ2n) is 4.63. The highest BCUT2D eigenvalue weighted by molar-refractivity contribution is 5.47. The molecule has 1 aromatic rings. The molecule has 0 radical (unpaired) electrons. The zero-order valence-corrected chi connectivity index (χ0v) is 8.76. The van der Waals surface area contributed by atoms with Crippen LogP contribution in [0.15, 0.2) is 12.4 Å². The van der Waals surface area contributed by atoms with Gasteiger partial charge in [-0.15, -0.1) is 0 Å². The van der Waals surface area contributed by atoms with Gasteiger partial charge in [0.15, 0.2) is 0 Å². The molecule has 2 aliphatic rings. The summed E-state index contributed by atoms with van der Waals surface area (Å²) in [5.74, 6) is 2.47. The molecule has 0 saturated heterocycles. The van der Waals surface area contributed by atoms with Crippen molar-refractivity contribution in [2.45, 2.75) is 31.7 Å². The normalized spacial score (nSPS) is 20.3. The Morgan fingerprint density at radius 2 is 2.07 bits per heavy atom. The molecular formula is C11H16N4. The van der Waals surface area contributed by atoms with E-state index < -0.39 is 0 Å². The first-order chi connectivity index (χ1) is 7.33. The number of nitrogen functional groups attached to an aromatic ring is 1. The molecule has 1 aromatic heterocycles. The summed E-state index contributed by atoms with van der Waals surface area (Å²) in [6.07, 6.45) is 6.92. The SMILES string of the molecule is Nc1cc(N(CC2CC2)C2CC2)ncn1. The Balaban J connectivity index is 1.80. The van der Waals surface area contributed by atoms with Gasteiger partial charge in [0, 0.05) is 18.7 Å². The zero-order chi connectivity index (χ0) is 10.3. The molecule has 2 N–H and O–H groups in total. The van der Waals surface area contributed by atoms with Crippen molar-refractivity contribution in [3.8, 4) is 0 Å². The van der Waals surface area contributed by atoms with Crippen LogP contribution >= 0.6 is 0 Å². The van der Waals surface area contributed by atoms with Crippen LogP contribution in [0.1, 0.15) is 25.7 Å². The van der Waals surface area contributed by atoms with E-state index in [1.54, 1.807) is 6.33 Å². The van der Waals surface area contributed by atoms with Gasteiger partial charge in [-0.25, -0.2) is 9.97 Å². The highest BCUT2D eigenvalue weighted by Gasteiger charge is 2.34. The number of hydrogen-bond donors (Lipinski definition) is 1. The molecule has 4 heteroatoms. The van der Waals surface area contributed by atoms with Crippen molar-refractivity contribution < 1.29 is 0 Å². The van der Waals surface area contributed by atoms with Crippen LogP contribution in [0.4, 0.5) is 11.6 Å². The highest BCUT2D eigenvalue weighted by Crippen LogP contribution is 2.37. The van der Waals surface area contributed by atoms with Gasteiger partial charge in [0.05, 0.1) is 0 Å². The van der Waals surface area contributed by atoms with Crippen LogP contribution in [0.5, 0.6) is 0 Å². The van der Waals surface area contributed by atoms with E-state index in [0.717, 1.165) is 18.3 Å². The first-order valence-corrected chi connectivity index (χ1v) is 5.67. The van der Waals surface area contributed by atoms with E-state index in [1.807, 2.05) is 6.07 Å². The van der Waals surface area contributed by atoms with Gasteiger partial charge in [-0.1, -0.05) is 0 Å². The van der Waals surface area contributed by atoms with Crippen LogP contribution in [-0.4, -0.2) is 22.6 Å². The molecule has 2 fully saturated rings. The van der Waals surface area contributed by atoms with Crippen molar-refractivity contribution in [1.82, 2.24) is 9.97 Å². The Kier molecular flexibility index (Phi) is 2.01. The summed E-state index contributed by atoms with van der Waals surface area (Å²) in [4.78, 5) is 10.7. The van der Waals surface area contributed by atoms with Gasteiger partial charge in [0.2, 0.25) is 0 Å². The minimum Gasteiger partial charge on any atom is -0.384 e. The lowest BCUT2D eigenvalue weighted by Crippen LogP contribution is -2.29. The van der Waals surface area contributed by atoms with E-state index in [1.165, 1.54) is 25.7 Å². The van der Waals surface area contributed by atoms with Gasteiger partial charge in [-0.2, -0.15) is 0 Å². The minimum atomic E-state index is 0.571. The second-order valence-corrected chi connectivity index (χ2v) is 4.63. The van der Waals surface area contributed by atoms with Crippen molar-refractivity contribution in [3.63, 3.8) is 0 Å². The van der Waals surface area contributed by atoms with Crippen LogP contribution in [0.3, 0.4) is 0 Å². The molecule has 80 valence electrons. The lowest BCUT2D eigenvalue weighted by molar-refractivity contribution is 0.708. The molecule has 0 spiro atoms. The van der Waals surface area contributed by atoms with Gasteiger partial charge >= 0.3 is 0 Å². The quantitative estimate of drug-likeness (QED) is 0.806. The van der Waals surface area contributed by atoms with Crippen molar-refractivity contribution in [1.29, 1.82) is 0 Å². The highest BCUT2D eigenvalue weighted by atomic mass is 15.2. The summed E-state index contributed by atoms with van der Waals surface area (Å²) in [5, 5.41) is 0. The zero-order valence-electron chi connectivity index (χ0n) is 8.76. The maximum atomic E-state index is 5.69. The number of aromatic nitrogens is 2. The summed E-state index contributed by atoms with van der Waals surface area (Å²) < 4.78 is 0. The Labute approximate surface area is 89.5 Å². The van der Waals surface area contributed by atoms with Crippen molar-refractivity contribution >= 4 is 11.6 Å². The predicted molar refractivity (Wildman–Crippen MR) is 59.5 cm³/mol. The van der Waals surface area contributed by atoms with Crippen molar-refractivity contribution in [3.05, 3.63) is 12.4 Å².